The van der Waals surface area contributed by atoms with E-state index in [9.17, 15) is 4.79 Å². The molecule has 2 N–H and O–H groups in total. The lowest BCUT2D eigenvalue weighted by Crippen LogP contribution is -2.38. The predicted molar refractivity (Wildman–Crippen MR) is 87.5 cm³/mol. The average molecular weight is 298 g/mol. The molecule has 1 atom stereocenters. The monoisotopic (exact) mass is 298 g/mol. The molecule has 1 saturated heterocycles. The van der Waals surface area contributed by atoms with Crippen molar-refractivity contribution in [1.82, 2.24) is 10.2 Å². The zero-order valence-electron chi connectivity index (χ0n) is 13.8. The maximum atomic E-state index is 10.8. The molecular weight excluding hydrogens is 264 g/mol. The van der Waals surface area contributed by atoms with Crippen LogP contribution in [0, 0.1) is 0 Å². The third-order valence-corrected chi connectivity index (χ3v) is 4.39. The van der Waals surface area contributed by atoms with E-state index in [0.717, 1.165) is 19.5 Å². The summed E-state index contributed by atoms with van der Waals surface area (Å²) >= 11 is 0. The van der Waals surface area contributed by atoms with Crippen molar-refractivity contribution in [3.8, 4) is 0 Å². The Labute approximate surface area is 130 Å². The van der Waals surface area contributed by atoms with Crippen LogP contribution in [0.3, 0.4) is 0 Å². The van der Waals surface area contributed by atoms with Crippen LogP contribution in [-0.4, -0.2) is 41.8 Å². The molecule has 0 spiro atoms. The minimum atomic E-state index is -0.716. The first kappa shape index (κ1) is 18.4. The fourth-order valence-electron chi connectivity index (χ4n) is 3.13. The van der Waals surface area contributed by atoms with Gasteiger partial charge in [-0.1, -0.05) is 71.1 Å². The zero-order valence-corrected chi connectivity index (χ0v) is 13.8. The third-order valence-electron chi connectivity index (χ3n) is 4.39. The van der Waals surface area contributed by atoms with E-state index in [1.807, 2.05) is 0 Å². The molecule has 4 heteroatoms. The quantitative estimate of drug-likeness (QED) is 0.510. The van der Waals surface area contributed by atoms with Gasteiger partial charge in [0.05, 0.1) is 12.7 Å². The largest absolute Gasteiger partial charge is 0.480 e. The summed E-state index contributed by atoms with van der Waals surface area (Å²) in [5.41, 5.74) is 0. The van der Waals surface area contributed by atoms with Crippen molar-refractivity contribution in [3.63, 3.8) is 0 Å². The van der Waals surface area contributed by atoms with Gasteiger partial charge in [-0.15, -0.1) is 0 Å². The molecule has 0 radical (unpaired) electrons. The highest BCUT2D eigenvalue weighted by Gasteiger charge is 2.24. The number of nitrogens with zero attached hydrogens (tertiary/aromatic N) is 1. The van der Waals surface area contributed by atoms with Crippen LogP contribution in [0.2, 0.25) is 0 Å². The van der Waals surface area contributed by atoms with Gasteiger partial charge in [0.15, 0.2) is 0 Å². The van der Waals surface area contributed by atoms with Crippen LogP contribution < -0.4 is 5.32 Å². The first-order chi connectivity index (χ1) is 10.2. The number of unbranched alkanes of at least 4 members (excludes halogenated alkanes) is 9. The van der Waals surface area contributed by atoms with Crippen LogP contribution in [0.4, 0.5) is 0 Å². The van der Waals surface area contributed by atoms with Crippen molar-refractivity contribution in [1.29, 1.82) is 0 Å². The first-order valence-corrected chi connectivity index (χ1v) is 8.93. The van der Waals surface area contributed by atoms with E-state index in [4.69, 9.17) is 5.11 Å². The van der Waals surface area contributed by atoms with Gasteiger partial charge >= 0.3 is 5.97 Å². The molecule has 0 aromatic heterocycles. The Morgan fingerprint density at radius 3 is 2.19 bits per heavy atom. The molecule has 0 aromatic carbocycles. The number of carboxylic acids is 1. The Bertz CT molecular complexity index is 272. The molecular formula is C17H34N2O2. The van der Waals surface area contributed by atoms with Gasteiger partial charge in [-0.3, -0.25) is 9.69 Å². The Kier molecular flexibility index (Phi) is 10.5. The van der Waals surface area contributed by atoms with E-state index >= 15 is 0 Å². The van der Waals surface area contributed by atoms with Crippen molar-refractivity contribution in [3.05, 3.63) is 0 Å². The molecule has 21 heavy (non-hydrogen) atoms. The summed E-state index contributed by atoms with van der Waals surface area (Å²) in [4.78, 5) is 12.8. The fourth-order valence-corrected chi connectivity index (χ4v) is 3.13. The molecule has 0 aliphatic carbocycles. The summed E-state index contributed by atoms with van der Waals surface area (Å²) in [6, 6.07) is 0. The molecule has 0 saturated carbocycles. The molecule has 4 nitrogen and oxygen atoms in total. The minimum absolute atomic E-state index is 0.176. The summed E-state index contributed by atoms with van der Waals surface area (Å²) in [6.07, 6.45) is 14.9. The molecule has 1 heterocycles. The van der Waals surface area contributed by atoms with Crippen LogP contribution in [0.5, 0.6) is 0 Å². The lowest BCUT2D eigenvalue weighted by molar-refractivity contribution is -0.138. The fraction of sp³-hybridized carbons (Fsp3) is 0.941. The van der Waals surface area contributed by atoms with Gasteiger partial charge in [0.1, 0.15) is 0 Å². The summed E-state index contributed by atoms with van der Waals surface area (Å²) in [6.45, 7) is 4.23. The number of carboxylic acid groups (broad SMARTS) is 1. The van der Waals surface area contributed by atoms with Crippen molar-refractivity contribution >= 4 is 5.97 Å². The molecule has 124 valence electrons. The summed E-state index contributed by atoms with van der Waals surface area (Å²) in [5, 5.41) is 12.3. The SMILES string of the molecule is CCCCCCCCCCCCC1NCCN1CC(=O)O. The lowest BCUT2D eigenvalue weighted by atomic mass is 10.1. The van der Waals surface area contributed by atoms with E-state index in [0.29, 0.717) is 0 Å². The summed E-state index contributed by atoms with van der Waals surface area (Å²) in [5.74, 6) is -0.716. The Morgan fingerprint density at radius 1 is 1.05 bits per heavy atom. The van der Waals surface area contributed by atoms with E-state index < -0.39 is 5.97 Å². The van der Waals surface area contributed by atoms with Crippen LogP contribution in [0.1, 0.15) is 77.6 Å². The predicted octanol–water partition coefficient (Wildman–Crippen LogP) is 3.61. The molecule has 0 amide bonds. The second-order valence-electron chi connectivity index (χ2n) is 6.30. The normalized spacial score (nSPS) is 19.2. The molecule has 1 fully saturated rings. The van der Waals surface area contributed by atoms with Crippen LogP contribution in [0.15, 0.2) is 0 Å². The zero-order chi connectivity index (χ0) is 15.3. The van der Waals surface area contributed by atoms with Crippen LogP contribution in [0.25, 0.3) is 0 Å². The van der Waals surface area contributed by atoms with E-state index in [-0.39, 0.29) is 12.7 Å². The molecule has 1 aliphatic rings. The van der Waals surface area contributed by atoms with Gasteiger partial charge in [0.25, 0.3) is 0 Å². The molecule has 0 aromatic rings. The van der Waals surface area contributed by atoms with Crippen molar-refractivity contribution in [2.75, 3.05) is 19.6 Å². The van der Waals surface area contributed by atoms with Crippen molar-refractivity contribution < 1.29 is 9.90 Å². The number of carbonyl (C=O) groups is 1. The highest BCUT2D eigenvalue weighted by Crippen LogP contribution is 2.14. The Hall–Kier alpha value is -0.610. The smallest absolute Gasteiger partial charge is 0.317 e. The maximum absolute atomic E-state index is 10.8. The maximum Gasteiger partial charge on any atom is 0.317 e. The molecule has 1 rings (SSSR count). The van der Waals surface area contributed by atoms with Gasteiger partial charge in [-0.05, 0) is 6.42 Å². The third kappa shape index (κ3) is 9.10. The summed E-state index contributed by atoms with van der Waals surface area (Å²) in [7, 11) is 0. The van der Waals surface area contributed by atoms with Gasteiger partial charge in [0, 0.05) is 13.1 Å². The number of rotatable bonds is 13. The van der Waals surface area contributed by atoms with Gasteiger partial charge in [-0.25, -0.2) is 0 Å². The Morgan fingerprint density at radius 2 is 1.62 bits per heavy atom. The standard InChI is InChI=1S/C17H34N2O2/c1-2-3-4-5-6-7-8-9-10-11-12-16-18-13-14-19(16)15-17(20)21/h16,18H,2-15H2,1H3,(H,20,21). The number of hydrogen-bond acceptors (Lipinski definition) is 3. The van der Waals surface area contributed by atoms with E-state index in [1.54, 1.807) is 0 Å². The highest BCUT2D eigenvalue weighted by molar-refractivity contribution is 5.69. The number of aliphatic carboxylic acids is 1. The Balaban J connectivity index is 1.90. The second-order valence-corrected chi connectivity index (χ2v) is 6.30. The van der Waals surface area contributed by atoms with E-state index in [1.165, 1.54) is 64.2 Å². The highest BCUT2D eigenvalue weighted by atomic mass is 16.4. The van der Waals surface area contributed by atoms with Gasteiger partial charge in [0.2, 0.25) is 0 Å². The topological polar surface area (TPSA) is 52.6 Å². The van der Waals surface area contributed by atoms with Gasteiger partial charge in [-0.2, -0.15) is 0 Å². The van der Waals surface area contributed by atoms with E-state index in [2.05, 4.69) is 17.1 Å². The lowest BCUT2D eigenvalue weighted by Gasteiger charge is -2.21. The minimum Gasteiger partial charge on any atom is -0.480 e. The second kappa shape index (κ2) is 12.0. The average Bonchev–Trinajstić information content (AvgIpc) is 2.87. The van der Waals surface area contributed by atoms with Crippen molar-refractivity contribution in [2.24, 2.45) is 0 Å². The molecule has 1 unspecified atom stereocenters. The first-order valence-electron chi connectivity index (χ1n) is 8.93. The molecule has 0 bridgehead atoms. The van der Waals surface area contributed by atoms with Crippen molar-refractivity contribution in [2.45, 2.75) is 83.7 Å². The van der Waals surface area contributed by atoms with Crippen LogP contribution >= 0.6 is 0 Å². The number of nitrogens with one attached hydrogen (secondary N) is 1. The number of hydrogen-bond donors (Lipinski definition) is 2. The van der Waals surface area contributed by atoms with Crippen LogP contribution in [-0.2, 0) is 4.79 Å². The molecule has 1 aliphatic heterocycles. The van der Waals surface area contributed by atoms with Gasteiger partial charge < -0.3 is 10.4 Å². The summed E-state index contributed by atoms with van der Waals surface area (Å²) < 4.78 is 0.